The third-order valence-corrected chi connectivity index (χ3v) is 7.36. The highest BCUT2D eigenvalue weighted by molar-refractivity contribution is 5.85. The molecular weight excluding hydrogens is 496 g/mol. The maximum Gasteiger partial charge on any atom is 0.257 e. The van der Waals surface area contributed by atoms with Crippen molar-refractivity contribution in [1.29, 1.82) is 0 Å². The quantitative estimate of drug-likeness (QED) is 0.543. The van der Waals surface area contributed by atoms with Gasteiger partial charge in [0.2, 0.25) is 11.8 Å². The number of ether oxygens (including phenoxy) is 2. The van der Waals surface area contributed by atoms with Crippen molar-refractivity contribution in [2.75, 3.05) is 53.0 Å². The van der Waals surface area contributed by atoms with E-state index in [0.717, 1.165) is 50.8 Å². The van der Waals surface area contributed by atoms with Crippen molar-refractivity contribution in [3.63, 3.8) is 0 Å². The summed E-state index contributed by atoms with van der Waals surface area (Å²) in [4.78, 5) is 41.0. The highest BCUT2D eigenvalue weighted by Crippen LogP contribution is 2.44. The fourth-order valence-corrected chi connectivity index (χ4v) is 5.25. The van der Waals surface area contributed by atoms with Crippen LogP contribution in [0.25, 0.3) is 0 Å². The second-order valence-corrected chi connectivity index (χ2v) is 10.4. The van der Waals surface area contributed by atoms with Crippen LogP contribution in [0.5, 0.6) is 11.5 Å². The summed E-state index contributed by atoms with van der Waals surface area (Å²) in [5.41, 5.74) is 0.215. The average molecular weight is 537 g/mol. The molecule has 1 aromatic carbocycles. The van der Waals surface area contributed by atoms with E-state index in [-0.39, 0.29) is 36.7 Å². The molecule has 1 saturated heterocycles. The predicted molar refractivity (Wildman–Crippen MR) is 143 cm³/mol. The van der Waals surface area contributed by atoms with E-state index in [4.69, 9.17) is 9.47 Å². The lowest BCUT2D eigenvalue weighted by molar-refractivity contribution is -0.142. The summed E-state index contributed by atoms with van der Waals surface area (Å²) < 4.78 is 11.3. The van der Waals surface area contributed by atoms with Crippen LogP contribution in [0.15, 0.2) is 18.2 Å². The molecule has 0 aromatic heterocycles. The van der Waals surface area contributed by atoms with Gasteiger partial charge in [-0.15, -0.1) is 12.4 Å². The highest BCUT2D eigenvalue weighted by atomic mass is 35.5. The summed E-state index contributed by atoms with van der Waals surface area (Å²) in [7, 11) is 1.57. The smallest absolute Gasteiger partial charge is 0.257 e. The SMILES string of the molecule is COc1ccc2cc1OCC(=O)NCCNCCCC(=O)NCC(CC1CC1)(C(=O)N1CCCC1)C2.Cl. The van der Waals surface area contributed by atoms with Crippen molar-refractivity contribution in [2.45, 2.75) is 51.4 Å². The topological polar surface area (TPSA) is 109 Å². The first-order valence-corrected chi connectivity index (χ1v) is 13.3. The van der Waals surface area contributed by atoms with Gasteiger partial charge in [-0.25, -0.2) is 0 Å². The third kappa shape index (κ3) is 8.23. The molecule has 2 fully saturated rings. The van der Waals surface area contributed by atoms with Crippen LogP contribution >= 0.6 is 12.4 Å². The second-order valence-electron chi connectivity index (χ2n) is 10.4. The van der Waals surface area contributed by atoms with Crippen LogP contribution in [-0.2, 0) is 20.8 Å². The number of likely N-dealkylation sites (tertiary alicyclic amines) is 1. The van der Waals surface area contributed by atoms with Crippen molar-refractivity contribution in [2.24, 2.45) is 11.3 Å². The first-order chi connectivity index (χ1) is 17.5. The molecule has 3 N–H and O–H groups in total. The number of rotatable bonds is 4. The van der Waals surface area contributed by atoms with E-state index in [2.05, 4.69) is 16.0 Å². The van der Waals surface area contributed by atoms with Crippen LogP contribution in [0.4, 0.5) is 0 Å². The Labute approximate surface area is 225 Å². The number of methoxy groups -OCH3 is 1. The molecule has 2 aliphatic heterocycles. The summed E-state index contributed by atoms with van der Waals surface area (Å²) in [5, 5.41) is 9.20. The predicted octanol–water partition coefficient (Wildman–Crippen LogP) is 2.06. The normalized spacial score (nSPS) is 24.0. The van der Waals surface area contributed by atoms with Crippen LogP contribution in [0.3, 0.4) is 0 Å². The van der Waals surface area contributed by atoms with Gasteiger partial charge in [-0.3, -0.25) is 14.4 Å². The number of nitrogens with zero attached hydrogens (tertiary/aromatic N) is 1. The Bertz CT molecular complexity index is 935. The van der Waals surface area contributed by atoms with E-state index < -0.39 is 5.41 Å². The minimum absolute atomic E-state index is 0. The summed E-state index contributed by atoms with van der Waals surface area (Å²) in [6, 6.07) is 5.65. The zero-order chi connectivity index (χ0) is 25.4. The van der Waals surface area contributed by atoms with Crippen molar-refractivity contribution in [1.82, 2.24) is 20.9 Å². The maximum absolute atomic E-state index is 14.0. The van der Waals surface area contributed by atoms with Crippen molar-refractivity contribution in [3.8, 4) is 11.5 Å². The minimum atomic E-state index is -0.714. The first kappa shape index (κ1) is 29.0. The molecule has 1 atom stereocenters. The van der Waals surface area contributed by atoms with Gasteiger partial charge in [0.05, 0.1) is 12.5 Å². The number of amides is 3. The van der Waals surface area contributed by atoms with Gasteiger partial charge in [-0.2, -0.15) is 0 Å². The number of hydrogen-bond donors (Lipinski definition) is 3. The number of fused-ring (bicyclic) bond motifs is 2. The Kier molecular flexibility index (Phi) is 10.9. The number of benzene rings is 1. The number of carbonyl (C=O) groups is 3. The van der Waals surface area contributed by atoms with E-state index in [1.54, 1.807) is 7.11 Å². The molecule has 3 aliphatic rings. The van der Waals surface area contributed by atoms with Crippen molar-refractivity contribution in [3.05, 3.63) is 23.8 Å². The lowest BCUT2D eigenvalue weighted by Crippen LogP contribution is -2.51. The van der Waals surface area contributed by atoms with Gasteiger partial charge in [-0.05, 0) is 62.3 Å². The number of nitrogens with one attached hydrogen (secondary N) is 3. The molecule has 10 heteroatoms. The molecule has 1 aliphatic carbocycles. The Morgan fingerprint density at radius 1 is 1.08 bits per heavy atom. The van der Waals surface area contributed by atoms with Gasteiger partial charge in [0, 0.05) is 39.1 Å². The summed E-state index contributed by atoms with van der Waals surface area (Å²) >= 11 is 0. The van der Waals surface area contributed by atoms with Crippen LogP contribution in [0.2, 0.25) is 0 Å². The number of hydrogen-bond acceptors (Lipinski definition) is 6. The molecule has 4 rings (SSSR count). The Balaban J connectivity index is 0.00000380. The summed E-state index contributed by atoms with van der Waals surface area (Å²) in [6.45, 7) is 3.54. The number of halogens is 1. The Morgan fingerprint density at radius 2 is 1.86 bits per heavy atom. The van der Waals surface area contributed by atoms with Gasteiger partial charge >= 0.3 is 0 Å². The molecule has 9 nitrogen and oxygen atoms in total. The van der Waals surface area contributed by atoms with Gasteiger partial charge in [0.1, 0.15) is 0 Å². The lowest BCUT2D eigenvalue weighted by atomic mass is 9.75. The second kappa shape index (κ2) is 13.9. The fraction of sp³-hybridized carbons (Fsp3) is 0.667. The molecule has 0 radical (unpaired) electrons. The van der Waals surface area contributed by atoms with Gasteiger partial charge in [-0.1, -0.05) is 18.9 Å². The Morgan fingerprint density at radius 3 is 2.59 bits per heavy atom. The van der Waals surface area contributed by atoms with Gasteiger partial charge in [0.25, 0.3) is 5.91 Å². The van der Waals surface area contributed by atoms with E-state index >= 15 is 0 Å². The van der Waals surface area contributed by atoms with Crippen LogP contribution in [0, 0.1) is 11.3 Å². The highest BCUT2D eigenvalue weighted by Gasteiger charge is 2.45. The molecular formula is C27H41ClN4O5. The summed E-state index contributed by atoms with van der Waals surface area (Å²) in [5.74, 6) is 1.42. The molecule has 3 amide bonds. The molecule has 2 heterocycles. The molecule has 1 unspecified atom stereocenters. The fourth-order valence-electron chi connectivity index (χ4n) is 5.25. The third-order valence-electron chi connectivity index (χ3n) is 7.36. The minimum Gasteiger partial charge on any atom is -0.493 e. The van der Waals surface area contributed by atoms with E-state index in [1.807, 2.05) is 23.1 Å². The molecule has 1 saturated carbocycles. The molecule has 1 aromatic rings. The largest absolute Gasteiger partial charge is 0.493 e. The molecule has 206 valence electrons. The maximum atomic E-state index is 14.0. The number of carbonyl (C=O) groups excluding carboxylic acids is 3. The summed E-state index contributed by atoms with van der Waals surface area (Å²) in [6.07, 6.45) is 6.64. The van der Waals surface area contributed by atoms with Crippen LogP contribution < -0.4 is 25.4 Å². The van der Waals surface area contributed by atoms with Gasteiger partial charge < -0.3 is 30.3 Å². The zero-order valence-electron chi connectivity index (χ0n) is 21.8. The average Bonchev–Trinajstić information content (AvgIpc) is 3.52. The van der Waals surface area contributed by atoms with E-state index in [9.17, 15) is 14.4 Å². The molecule has 37 heavy (non-hydrogen) atoms. The van der Waals surface area contributed by atoms with Crippen LogP contribution in [0.1, 0.15) is 50.5 Å². The zero-order valence-corrected chi connectivity index (χ0v) is 22.6. The molecule has 0 spiro atoms. The molecule has 2 bridgehead atoms. The van der Waals surface area contributed by atoms with Crippen molar-refractivity contribution >= 4 is 30.1 Å². The standard InChI is InChI=1S/C27H40N4O5.ClH/c1-35-22-9-8-21-15-23(22)36-18-25(33)29-12-11-28-10-4-5-24(32)30-19-27(17-21,16-20-6-7-20)26(34)31-13-2-3-14-31;/h8-9,15,20,28H,2-7,10-14,16-19H2,1H3,(H,29,33)(H,30,32);1H. The Hall–Kier alpha value is -2.52. The van der Waals surface area contributed by atoms with E-state index in [1.165, 1.54) is 0 Å². The monoisotopic (exact) mass is 536 g/mol. The van der Waals surface area contributed by atoms with E-state index in [0.29, 0.717) is 62.9 Å². The van der Waals surface area contributed by atoms with Crippen LogP contribution in [-0.4, -0.2) is 75.6 Å². The lowest BCUT2D eigenvalue weighted by Gasteiger charge is -2.37. The van der Waals surface area contributed by atoms with Gasteiger partial charge in [0.15, 0.2) is 18.1 Å². The van der Waals surface area contributed by atoms with Crippen molar-refractivity contribution < 1.29 is 23.9 Å². The first-order valence-electron chi connectivity index (χ1n) is 13.3.